The molecule has 0 bridgehead atoms. The Balaban J connectivity index is 1.78. The van der Waals surface area contributed by atoms with E-state index in [1.807, 2.05) is 60.7 Å². The highest BCUT2D eigenvalue weighted by molar-refractivity contribution is 5.78. The van der Waals surface area contributed by atoms with Gasteiger partial charge in [0.1, 0.15) is 0 Å². The Morgan fingerprint density at radius 1 is 1.12 bits per heavy atom. The number of aliphatic hydroxyl groups is 2. The number of hydrogen-bond acceptors (Lipinski definition) is 3. The largest absolute Gasteiger partial charge is 0.388 e. The molecule has 0 radical (unpaired) electrons. The van der Waals surface area contributed by atoms with E-state index in [-0.39, 0.29) is 18.4 Å². The second kappa shape index (κ2) is 7.38. The SMILES string of the molecule is C[C@]1(O)CCN(C(=O)CC(c2ccccc2)c2ccccc2)C[C@@H]1O. The van der Waals surface area contributed by atoms with E-state index in [1.165, 1.54) is 0 Å². The molecule has 4 heteroatoms. The molecule has 0 aromatic heterocycles. The fourth-order valence-corrected chi connectivity index (χ4v) is 3.35. The lowest BCUT2D eigenvalue weighted by Gasteiger charge is -2.40. The molecule has 1 amide bonds. The van der Waals surface area contributed by atoms with Crippen molar-refractivity contribution in [2.45, 2.75) is 37.4 Å². The zero-order valence-electron chi connectivity index (χ0n) is 14.5. The monoisotopic (exact) mass is 339 g/mol. The first kappa shape index (κ1) is 17.6. The van der Waals surface area contributed by atoms with Gasteiger partial charge in [-0.15, -0.1) is 0 Å². The van der Waals surface area contributed by atoms with Crippen molar-refractivity contribution in [2.24, 2.45) is 0 Å². The predicted octanol–water partition coefficient (Wildman–Crippen LogP) is 2.55. The maximum absolute atomic E-state index is 12.8. The van der Waals surface area contributed by atoms with Crippen LogP contribution in [0.15, 0.2) is 60.7 Å². The summed E-state index contributed by atoms with van der Waals surface area (Å²) in [6.07, 6.45) is -0.165. The first-order chi connectivity index (χ1) is 12.0. The molecule has 1 saturated heterocycles. The second-order valence-corrected chi connectivity index (χ2v) is 7.04. The van der Waals surface area contributed by atoms with Gasteiger partial charge in [0.15, 0.2) is 0 Å². The van der Waals surface area contributed by atoms with E-state index in [0.717, 1.165) is 11.1 Å². The molecule has 2 aromatic carbocycles. The third-order valence-corrected chi connectivity index (χ3v) is 5.13. The molecule has 132 valence electrons. The van der Waals surface area contributed by atoms with Crippen molar-refractivity contribution < 1.29 is 15.0 Å². The maximum atomic E-state index is 12.8. The highest BCUT2D eigenvalue weighted by atomic mass is 16.3. The minimum Gasteiger partial charge on any atom is -0.388 e. The Labute approximate surface area is 148 Å². The molecule has 2 aromatic rings. The van der Waals surface area contributed by atoms with Gasteiger partial charge in [0.2, 0.25) is 5.91 Å². The molecule has 1 aliphatic heterocycles. The van der Waals surface area contributed by atoms with E-state index in [1.54, 1.807) is 11.8 Å². The number of carbonyl (C=O) groups excluding carboxylic acids is 1. The summed E-state index contributed by atoms with van der Waals surface area (Å²) in [5, 5.41) is 20.2. The topological polar surface area (TPSA) is 60.8 Å². The van der Waals surface area contributed by atoms with Gasteiger partial charge in [-0.25, -0.2) is 0 Å². The molecule has 2 N–H and O–H groups in total. The van der Waals surface area contributed by atoms with Crippen LogP contribution in [0.4, 0.5) is 0 Å². The van der Waals surface area contributed by atoms with Crippen LogP contribution in [0.5, 0.6) is 0 Å². The van der Waals surface area contributed by atoms with Crippen molar-refractivity contribution in [3.63, 3.8) is 0 Å². The highest BCUT2D eigenvalue weighted by Gasteiger charge is 2.38. The van der Waals surface area contributed by atoms with Gasteiger partial charge in [-0.1, -0.05) is 60.7 Å². The van der Waals surface area contributed by atoms with Crippen molar-refractivity contribution in [1.82, 2.24) is 4.90 Å². The van der Waals surface area contributed by atoms with Crippen LogP contribution >= 0.6 is 0 Å². The van der Waals surface area contributed by atoms with E-state index in [4.69, 9.17) is 0 Å². The van der Waals surface area contributed by atoms with Gasteiger partial charge >= 0.3 is 0 Å². The molecule has 0 saturated carbocycles. The quantitative estimate of drug-likeness (QED) is 0.900. The molecule has 3 rings (SSSR count). The van der Waals surface area contributed by atoms with Crippen LogP contribution in [0, 0.1) is 0 Å². The molecule has 0 spiro atoms. The fraction of sp³-hybridized carbons (Fsp3) is 0.381. The third-order valence-electron chi connectivity index (χ3n) is 5.13. The minimum atomic E-state index is -1.12. The van der Waals surface area contributed by atoms with Crippen LogP contribution in [-0.2, 0) is 4.79 Å². The lowest BCUT2D eigenvalue weighted by Crippen LogP contribution is -2.55. The van der Waals surface area contributed by atoms with Gasteiger partial charge in [-0.05, 0) is 24.5 Å². The van der Waals surface area contributed by atoms with Crippen molar-refractivity contribution >= 4 is 5.91 Å². The number of β-amino-alcohol motifs (C(OH)–C–C–N with tert-alkyl or cyclic N) is 1. The van der Waals surface area contributed by atoms with E-state index < -0.39 is 11.7 Å². The zero-order valence-corrected chi connectivity index (χ0v) is 14.5. The van der Waals surface area contributed by atoms with Crippen molar-refractivity contribution in [1.29, 1.82) is 0 Å². The molecule has 1 heterocycles. The molecular formula is C21H25NO3. The standard InChI is InChI=1S/C21H25NO3/c1-21(25)12-13-22(15-19(21)23)20(24)14-18(16-8-4-2-5-9-16)17-10-6-3-7-11-17/h2-11,18-19,23,25H,12-15H2,1H3/t19-,21-/m0/s1. The lowest BCUT2D eigenvalue weighted by molar-refractivity contribution is -0.146. The van der Waals surface area contributed by atoms with Crippen LogP contribution in [-0.4, -0.2) is 45.8 Å². The molecule has 0 aliphatic carbocycles. The van der Waals surface area contributed by atoms with E-state index in [9.17, 15) is 15.0 Å². The molecule has 1 fully saturated rings. The van der Waals surface area contributed by atoms with Gasteiger partial charge in [0, 0.05) is 25.4 Å². The minimum absolute atomic E-state index is 0.00672. The number of hydrogen-bond donors (Lipinski definition) is 2. The fourth-order valence-electron chi connectivity index (χ4n) is 3.35. The average Bonchev–Trinajstić information content (AvgIpc) is 2.63. The molecular weight excluding hydrogens is 314 g/mol. The van der Waals surface area contributed by atoms with Crippen LogP contribution in [0.25, 0.3) is 0 Å². The lowest BCUT2D eigenvalue weighted by atomic mass is 9.87. The summed E-state index contributed by atoms with van der Waals surface area (Å²) in [7, 11) is 0. The van der Waals surface area contributed by atoms with E-state index in [2.05, 4.69) is 0 Å². The zero-order chi connectivity index (χ0) is 17.9. The molecule has 1 aliphatic rings. The van der Waals surface area contributed by atoms with Crippen molar-refractivity contribution in [2.75, 3.05) is 13.1 Å². The summed E-state index contributed by atoms with van der Waals surface area (Å²) in [5.41, 5.74) is 1.09. The predicted molar refractivity (Wildman–Crippen MR) is 97.2 cm³/mol. The van der Waals surface area contributed by atoms with Gasteiger partial charge in [-0.3, -0.25) is 4.79 Å². The number of carbonyl (C=O) groups is 1. The number of amides is 1. The van der Waals surface area contributed by atoms with Crippen molar-refractivity contribution in [3.05, 3.63) is 71.8 Å². The number of rotatable bonds is 4. The van der Waals surface area contributed by atoms with Gasteiger partial charge < -0.3 is 15.1 Å². The van der Waals surface area contributed by atoms with Gasteiger partial charge in [0.25, 0.3) is 0 Å². The number of aliphatic hydroxyl groups excluding tert-OH is 1. The Morgan fingerprint density at radius 2 is 1.64 bits per heavy atom. The summed E-state index contributed by atoms with van der Waals surface area (Å²) in [4.78, 5) is 14.5. The smallest absolute Gasteiger partial charge is 0.223 e. The van der Waals surface area contributed by atoms with Crippen LogP contribution in [0.2, 0.25) is 0 Å². The van der Waals surface area contributed by atoms with Crippen molar-refractivity contribution in [3.8, 4) is 0 Å². The first-order valence-corrected chi connectivity index (χ1v) is 8.75. The van der Waals surface area contributed by atoms with Gasteiger partial charge in [0.05, 0.1) is 11.7 Å². The number of nitrogens with zero attached hydrogens (tertiary/aromatic N) is 1. The normalized spacial score (nSPS) is 23.7. The van der Waals surface area contributed by atoms with Crippen LogP contribution in [0.3, 0.4) is 0 Å². The van der Waals surface area contributed by atoms with Gasteiger partial charge in [-0.2, -0.15) is 0 Å². The Hall–Kier alpha value is -2.17. The van der Waals surface area contributed by atoms with E-state index in [0.29, 0.717) is 19.4 Å². The summed E-state index contributed by atoms with van der Waals surface area (Å²) in [5.74, 6) is -0.0123. The number of piperidine rings is 1. The average molecular weight is 339 g/mol. The molecule has 25 heavy (non-hydrogen) atoms. The number of likely N-dealkylation sites (tertiary alicyclic amines) is 1. The molecule has 4 nitrogen and oxygen atoms in total. The summed E-state index contributed by atoms with van der Waals surface area (Å²) in [6, 6.07) is 20.0. The Bertz CT molecular complexity index is 660. The number of benzene rings is 2. The second-order valence-electron chi connectivity index (χ2n) is 7.04. The third kappa shape index (κ3) is 4.09. The van der Waals surface area contributed by atoms with Crippen LogP contribution < -0.4 is 0 Å². The highest BCUT2D eigenvalue weighted by Crippen LogP contribution is 2.30. The van der Waals surface area contributed by atoms with E-state index >= 15 is 0 Å². The Morgan fingerprint density at radius 3 is 2.12 bits per heavy atom. The summed E-state index contributed by atoms with van der Waals surface area (Å²) in [6.45, 7) is 2.28. The van der Waals surface area contributed by atoms with Crippen LogP contribution in [0.1, 0.15) is 36.8 Å². The summed E-state index contributed by atoms with van der Waals surface area (Å²) < 4.78 is 0. The maximum Gasteiger partial charge on any atom is 0.223 e. The Kier molecular flexibility index (Phi) is 5.21. The molecule has 2 atom stereocenters. The first-order valence-electron chi connectivity index (χ1n) is 8.75. The molecule has 0 unspecified atom stereocenters. The summed E-state index contributed by atoms with van der Waals surface area (Å²) >= 11 is 0.